The largest absolute Gasteiger partial charge is 0.351 e. The van der Waals surface area contributed by atoms with Gasteiger partial charge >= 0.3 is 6.03 Å². The SMILES string of the molecule is C[C@@H](Sc1ncnc2c1cnn2-c1ccccc1)C(=O)NC(N)=O. The quantitative estimate of drug-likeness (QED) is 0.548. The number of hydrogen-bond acceptors (Lipinski definition) is 6. The van der Waals surface area contributed by atoms with Crippen LogP contribution in [-0.4, -0.2) is 36.9 Å². The number of aromatic nitrogens is 4. The van der Waals surface area contributed by atoms with Gasteiger partial charge in [-0.2, -0.15) is 5.10 Å². The summed E-state index contributed by atoms with van der Waals surface area (Å²) in [4.78, 5) is 31.1. The maximum Gasteiger partial charge on any atom is 0.318 e. The Morgan fingerprint density at radius 2 is 2.00 bits per heavy atom. The summed E-state index contributed by atoms with van der Waals surface area (Å²) in [5.41, 5.74) is 6.48. The van der Waals surface area contributed by atoms with Crippen LogP contribution in [0.4, 0.5) is 4.79 Å². The lowest BCUT2D eigenvalue weighted by Gasteiger charge is -2.09. The van der Waals surface area contributed by atoms with Crippen molar-refractivity contribution in [2.24, 2.45) is 5.73 Å². The monoisotopic (exact) mass is 342 g/mol. The number of primary amides is 1. The van der Waals surface area contributed by atoms with Crippen LogP contribution >= 0.6 is 11.8 Å². The van der Waals surface area contributed by atoms with Crippen LogP contribution in [0.25, 0.3) is 16.7 Å². The summed E-state index contributed by atoms with van der Waals surface area (Å²) in [6.45, 7) is 1.67. The van der Waals surface area contributed by atoms with Crippen molar-refractivity contribution in [3.63, 3.8) is 0 Å². The van der Waals surface area contributed by atoms with Gasteiger partial charge in [-0.1, -0.05) is 30.0 Å². The van der Waals surface area contributed by atoms with Crippen molar-refractivity contribution in [3.8, 4) is 5.69 Å². The van der Waals surface area contributed by atoms with Gasteiger partial charge in [0.25, 0.3) is 0 Å². The third kappa shape index (κ3) is 3.20. The van der Waals surface area contributed by atoms with E-state index in [1.165, 1.54) is 18.1 Å². The smallest absolute Gasteiger partial charge is 0.318 e. The van der Waals surface area contributed by atoms with Crippen molar-refractivity contribution in [1.82, 2.24) is 25.1 Å². The molecular formula is C15H14N6O2S. The molecule has 3 N–H and O–H groups in total. The second kappa shape index (κ2) is 6.67. The number of hydrogen-bond donors (Lipinski definition) is 2. The van der Waals surface area contributed by atoms with Gasteiger partial charge in [0, 0.05) is 0 Å². The average Bonchev–Trinajstić information content (AvgIpc) is 3.00. The zero-order chi connectivity index (χ0) is 17.1. The molecular weight excluding hydrogens is 328 g/mol. The number of rotatable bonds is 4. The molecule has 3 aromatic rings. The predicted molar refractivity (Wildman–Crippen MR) is 89.7 cm³/mol. The highest BCUT2D eigenvalue weighted by molar-refractivity contribution is 8.00. The second-order valence-corrected chi connectivity index (χ2v) is 6.25. The molecule has 0 unspecified atom stereocenters. The Balaban J connectivity index is 1.92. The van der Waals surface area contributed by atoms with Crippen LogP contribution in [0.1, 0.15) is 6.92 Å². The Morgan fingerprint density at radius 3 is 2.71 bits per heavy atom. The molecule has 8 nitrogen and oxygen atoms in total. The molecule has 1 atom stereocenters. The second-order valence-electron chi connectivity index (χ2n) is 4.92. The Labute approximate surface area is 141 Å². The van der Waals surface area contributed by atoms with Crippen LogP contribution in [0.15, 0.2) is 47.9 Å². The summed E-state index contributed by atoms with van der Waals surface area (Å²) in [6.07, 6.45) is 3.08. The third-order valence-corrected chi connectivity index (χ3v) is 4.35. The molecule has 1 aromatic carbocycles. The van der Waals surface area contributed by atoms with E-state index in [4.69, 9.17) is 5.73 Å². The van der Waals surface area contributed by atoms with Gasteiger partial charge in [0.05, 0.1) is 22.5 Å². The minimum atomic E-state index is -0.878. The predicted octanol–water partition coefficient (Wildman–Crippen LogP) is 1.49. The molecule has 122 valence electrons. The minimum Gasteiger partial charge on any atom is -0.351 e. The van der Waals surface area contributed by atoms with Crippen LogP contribution in [0.3, 0.4) is 0 Å². The van der Waals surface area contributed by atoms with E-state index in [1.807, 2.05) is 30.3 Å². The first-order valence-corrected chi connectivity index (χ1v) is 7.95. The third-order valence-electron chi connectivity index (χ3n) is 3.23. The fourth-order valence-corrected chi connectivity index (χ4v) is 3.00. The fourth-order valence-electron chi connectivity index (χ4n) is 2.12. The van der Waals surface area contributed by atoms with Gasteiger partial charge in [0.2, 0.25) is 5.91 Å². The molecule has 0 saturated carbocycles. The van der Waals surface area contributed by atoms with Crippen LogP contribution < -0.4 is 11.1 Å². The highest BCUT2D eigenvalue weighted by atomic mass is 32.2. The molecule has 3 rings (SSSR count). The molecule has 0 radical (unpaired) electrons. The number of benzene rings is 1. The number of nitrogens with zero attached hydrogens (tertiary/aromatic N) is 4. The molecule has 0 saturated heterocycles. The van der Waals surface area contributed by atoms with E-state index in [2.05, 4.69) is 20.4 Å². The van der Waals surface area contributed by atoms with Gasteiger partial charge in [-0.3, -0.25) is 10.1 Å². The van der Waals surface area contributed by atoms with Crippen molar-refractivity contribution in [2.75, 3.05) is 0 Å². The van der Waals surface area contributed by atoms with E-state index < -0.39 is 17.2 Å². The maximum absolute atomic E-state index is 11.8. The van der Waals surface area contributed by atoms with Gasteiger partial charge in [0.1, 0.15) is 11.4 Å². The molecule has 0 spiro atoms. The number of fused-ring (bicyclic) bond motifs is 1. The fraction of sp³-hybridized carbons (Fsp3) is 0.133. The molecule has 0 aliphatic carbocycles. The zero-order valence-corrected chi connectivity index (χ0v) is 13.5. The van der Waals surface area contributed by atoms with Crippen LogP contribution in [0.5, 0.6) is 0 Å². The number of carbonyl (C=O) groups is 2. The molecule has 0 bridgehead atoms. The highest BCUT2D eigenvalue weighted by Gasteiger charge is 2.19. The lowest BCUT2D eigenvalue weighted by atomic mass is 10.3. The van der Waals surface area contributed by atoms with E-state index in [9.17, 15) is 9.59 Å². The van der Waals surface area contributed by atoms with Crippen molar-refractivity contribution < 1.29 is 9.59 Å². The number of thioether (sulfide) groups is 1. The van der Waals surface area contributed by atoms with Gasteiger partial charge in [-0.05, 0) is 19.1 Å². The lowest BCUT2D eigenvalue weighted by molar-refractivity contribution is -0.119. The molecule has 24 heavy (non-hydrogen) atoms. The van der Waals surface area contributed by atoms with E-state index in [0.29, 0.717) is 10.7 Å². The first-order valence-electron chi connectivity index (χ1n) is 7.07. The van der Waals surface area contributed by atoms with E-state index >= 15 is 0 Å². The summed E-state index contributed by atoms with van der Waals surface area (Å²) >= 11 is 1.21. The Morgan fingerprint density at radius 1 is 1.25 bits per heavy atom. The first-order chi connectivity index (χ1) is 11.6. The number of nitrogens with two attached hydrogens (primary N) is 1. The summed E-state index contributed by atoms with van der Waals surface area (Å²) in [7, 11) is 0. The molecule has 2 heterocycles. The molecule has 0 aliphatic heterocycles. The number of para-hydroxylation sites is 1. The molecule has 0 aliphatic rings. The van der Waals surface area contributed by atoms with Gasteiger partial charge in [-0.15, -0.1) is 0 Å². The molecule has 9 heteroatoms. The lowest BCUT2D eigenvalue weighted by Crippen LogP contribution is -2.39. The van der Waals surface area contributed by atoms with Crippen molar-refractivity contribution in [1.29, 1.82) is 0 Å². The average molecular weight is 342 g/mol. The van der Waals surface area contributed by atoms with Crippen molar-refractivity contribution in [3.05, 3.63) is 42.9 Å². The minimum absolute atomic E-state index is 0.477. The zero-order valence-electron chi connectivity index (χ0n) is 12.7. The van der Waals surface area contributed by atoms with Gasteiger partial charge in [0.15, 0.2) is 5.65 Å². The topological polar surface area (TPSA) is 116 Å². The summed E-state index contributed by atoms with van der Waals surface area (Å²) in [6, 6.07) is 8.71. The summed E-state index contributed by atoms with van der Waals surface area (Å²) in [5.74, 6) is -0.477. The van der Waals surface area contributed by atoms with Gasteiger partial charge < -0.3 is 5.73 Å². The Hall–Kier alpha value is -2.94. The number of nitrogens with one attached hydrogen (secondary N) is 1. The van der Waals surface area contributed by atoms with Crippen molar-refractivity contribution >= 4 is 34.7 Å². The molecule has 3 amide bonds. The van der Waals surface area contributed by atoms with Crippen LogP contribution in [-0.2, 0) is 4.79 Å². The highest BCUT2D eigenvalue weighted by Crippen LogP contribution is 2.28. The number of carbonyl (C=O) groups excluding carboxylic acids is 2. The van der Waals surface area contributed by atoms with Crippen LogP contribution in [0.2, 0.25) is 0 Å². The van der Waals surface area contributed by atoms with Crippen molar-refractivity contribution in [2.45, 2.75) is 17.2 Å². The van der Waals surface area contributed by atoms with E-state index in [-0.39, 0.29) is 0 Å². The number of imide groups is 1. The number of urea groups is 1. The normalized spacial score (nSPS) is 12.0. The van der Waals surface area contributed by atoms with E-state index in [1.54, 1.807) is 17.8 Å². The summed E-state index contributed by atoms with van der Waals surface area (Å²) < 4.78 is 1.70. The standard InChI is InChI=1S/C15H14N6O2S/c1-9(13(22)20-15(16)23)24-14-11-7-19-21(12(11)17-8-18-14)10-5-3-2-4-6-10/h2-9H,1H3,(H3,16,20,22,23)/t9-/m1/s1. The maximum atomic E-state index is 11.8. The first kappa shape index (κ1) is 15.9. The number of amides is 3. The van der Waals surface area contributed by atoms with Crippen LogP contribution in [0, 0.1) is 0 Å². The Bertz CT molecular complexity index is 895. The van der Waals surface area contributed by atoms with E-state index in [0.717, 1.165) is 11.1 Å². The molecule has 2 aromatic heterocycles. The Kier molecular flexibility index (Phi) is 4.43. The molecule has 0 fully saturated rings. The van der Waals surface area contributed by atoms with Gasteiger partial charge in [-0.25, -0.2) is 19.4 Å². The summed E-state index contributed by atoms with van der Waals surface area (Å²) in [5, 5.41) is 7.20.